The Morgan fingerprint density at radius 3 is 3.14 bits per heavy atom. The van der Waals surface area contributed by atoms with E-state index in [2.05, 4.69) is 10.1 Å². The molecule has 0 aliphatic carbocycles. The van der Waals surface area contributed by atoms with E-state index in [4.69, 9.17) is 15.7 Å². The molecule has 76 valence electrons. The van der Waals surface area contributed by atoms with Crippen molar-refractivity contribution >= 4 is 5.84 Å². The summed E-state index contributed by atoms with van der Waals surface area (Å²) in [6, 6.07) is 3.61. The number of pyridine rings is 1. The number of ether oxygens (including phenoxy) is 1. The molecule has 0 atom stereocenters. The number of hydrogen-bond donors (Lipinski definition) is 2. The topological polar surface area (TPSA) is 80.7 Å². The molecule has 5 heteroatoms. The maximum atomic E-state index is 8.42. The van der Waals surface area contributed by atoms with Crippen LogP contribution in [0.1, 0.15) is 12.5 Å². The van der Waals surface area contributed by atoms with Crippen LogP contribution in [-0.4, -0.2) is 22.6 Å². The molecule has 0 fully saturated rings. The summed E-state index contributed by atoms with van der Waals surface area (Å²) in [7, 11) is 0. The van der Waals surface area contributed by atoms with Gasteiger partial charge in [0.25, 0.3) is 0 Å². The number of aromatic nitrogens is 1. The van der Waals surface area contributed by atoms with Gasteiger partial charge < -0.3 is 15.7 Å². The minimum absolute atomic E-state index is 0.138. The van der Waals surface area contributed by atoms with Gasteiger partial charge in [0.1, 0.15) is 5.84 Å². The monoisotopic (exact) mass is 195 g/mol. The zero-order valence-electron chi connectivity index (χ0n) is 7.97. The number of hydrogen-bond acceptors (Lipinski definition) is 4. The molecule has 0 aliphatic heterocycles. The average Bonchev–Trinajstić information content (AvgIpc) is 2.21. The number of rotatable bonds is 4. The van der Waals surface area contributed by atoms with Gasteiger partial charge in [-0.05, 0) is 13.0 Å². The van der Waals surface area contributed by atoms with E-state index in [9.17, 15) is 0 Å². The van der Waals surface area contributed by atoms with Crippen molar-refractivity contribution in [2.24, 2.45) is 10.9 Å². The van der Waals surface area contributed by atoms with Crippen molar-refractivity contribution < 1.29 is 9.94 Å². The van der Waals surface area contributed by atoms with Crippen LogP contribution in [0.25, 0.3) is 0 Å². The highest BCUT2D eigenvalue weighted by Crippen LogP contribution is 2.14. The standard InChI is InChI=1S/C9H13N3O2/c1-2-14-9-7(4-3-5-11-9)6-8(10)12-13/h3-5,13H,2,6H2,1H3,(H2,10,12). The Labute approximate surface area is 82.2 Å². The Bertz CT molecular complexity index is 326. The van der Waals surface area contributed by atoms with Crippen LogP contribution in [0, 0.1) is 0 Å². The summed E-state index contributed by atoms with van der Waals surface area (Å²) in [6.07, 6.45) is 1.97. The normalized spacial score (nSPS) is 11.4. The van der Waals surface area contributed by atoms with Gasteiger partial charge in [0.15, 0.2) is 0 Å². The number of nitrogens with zero attached hydrogens (tertiary/aromatic N) is 2. The number of amidine groups is 1. The molecule has 1 rings (SSSR count). The second kappa shape index (κ2) is 5.06. The molecule has 1 aromatic rings. The van der Waals surface area contributed by atoms with Gasteiger partial charge in [-0.15, -0.1) is 0 Å². The molecule has 0 aromatic carbocycles. The van der Waals surface area contributed by atoms with Gasteiger partial charge >= 0.3 is 0 Å². The lowest BCUT2D eigenvalue weighted by Gasteiger charge is -2.07. The van der Waals surface area contributed by atoms with Crippen LogP contribution in [0.5, 0.6) is 5.88 Å². The van der Waals surface area contributed by atoms with Crippen LogP contribution < -0.4 is 10.5 Å². The van der Waals surface area contributed by atoms with E-state index in [1.165, 1.54) is 0 Å². The molecule has 5 nitrogen and oxygen atoms in total. The lowest BCUT2D eigenvalue weighted by molar-refractivity contribution is 0.315. The smallest absolute Gasteiger partial charge is 0.216 e. The van der Waals surface area contributed by atoms with Crippen LogP contribution in [-0.2, 0) is 6.42 Å². The van der Waals surface area contributed by atoms with Gasteiger partial charge in [-0.3, -0.25) is 0 Å². The zero-order chi connectivity index (χ0) is 10.4. The van der Waals surface area contributed by atoms with Crippen molar-refractivity contribution in [3.05, 3.63) is 23.9 Å². The average molecular weight is 195 g/mol. The van der Waals surface area contributed by atoms with E-state index < -0.39 is 0 Å². The molecule has 1 aromatic heterocycles. The maximum absolute atomic E-state index is 8.42. The third-order valence-electron chi connectivity index (χ3n) is 1.63. The lowest BCUT2D eigenvalue weighted by atomic mass is 10.2. The van der Waals surface area contributed by atoms with Gasteiger partial charge in [-0.25, -0.2) is 4.98 Å². The van der Waals surface area contributed by atoms with Gasteiger partial charge in [-0.1, -0.05) is 11.2 Å². The van der Waals surface area contributed by atoms with E-state index in [1.807, 2.05) is 13.0 Å². The molecule has 0 saturated carbocycles. The number of nitrogens with two attached hydrogens (primary N) is 1. The lowest BCUT2D eigenvalue weighted by Crippen LogP contribution is -2.15. The molecular weight excluding hydrogens is 182 g/mol. The highest BCUT2D eigenvalue weighted by atomic mass is 16.5. The third kappa shape index (κ3) is 2.62. The molecule has 0 amide bonds. The molecule has 14 heavy (non-hydrogen) atoms. The Balaban J connectivity index is 2.84. The second-order valence-corrected chi connectivity index (χ2v) is 2.67. The van der Waals surface area contributed by atoms with Crippen LogP contribution in [0.3, 0.4) is 0 Å². The largest absolute Gasteiger partial charge is 0.478 e. The molecule has 0 aliphatic rings. The summed E-state index contributed by atoms with van der Waals surface area (Å²) in [6.45, 7) is 2.42. The SMILES string of the molecule is CCOc1ncccc1C/C(N)=N/O. The third-order valence-corrected chi connectivity index (χ3v) is 1.63. The fraction of sp³-hybridized carbons (Fsp3) is 0.333. The molecule has 0 bridgehead atoms. The van der Waals surface area contributed by atoms with E-state index in [-0.39, 0.29) is 5.84 Å². The zero-order valence-corrected chi connectivity index (χ0v) is 7.97. The first kappa shape index (κ1) is 10.3. The molecular formula is C9H13N3O2. The Hall–Kier alpha value is -1.78. The quantitative estimate of drug-likeness (QED) is 0.322. The van der Waals surface area contributed by atoms with Gasteiger partial charge in [0.05, 0.1) is 6.61 Å². The van der Waals surface area contributed by atoms with Gasteiger partial charge in [0.2, 0.25) is 5.88 Å². The summed E-state index contributed by atoms with van der Waals surface area (Å²) < 4.78 is 5.28. The fourth-order valence-electron chi connectivity index (χ4n) is 1.06. The predicted octanol–water partition coefficient (Wildman–Crippen LogP) is 0.769. The molecule has 3 N–H and O–H groups in total. The first-order chi connectivity index (χ1) is 6.77. The maximum Gasteiger partial charge on any atom is 0.216 e. The van der Waals surface area contributed by atoms with Crippen molar-refractivity contribution in [3.63, 3.8) is 0 Å². The first-order valence-corrected chi connectivity index (χ1v) is 4.31. The molecule has 0 radical (unpaired) electrons. The van der Waals surface area contributed by atoms with Crippen molar-refractivity contribution in [2.75, 3.05) is 6.61 Å². The van der Waals surface area contributed by atoms with Crippen molar-refractivity contribution in [2.45, 2.75) is 13.3 Å². The summed E-state index contributed by atoms with van der Waals surface area (Å²) in [5, 5.41) is 11.3. The summed E-state index contributed by atoms with van der Waals surface area (Å²) >= 11 is 0. The summed E-state index contributed by atoms with van der Waals surface area (Å²) in [4.78, 5) is 4.04. The van der Waals surface area contributed by atoms with Crippen LogP contribution >= 0.6 is 0 Å². The Morgan fingerprint density at radius 2 is 2.50 bits per heavy atom. The molecule has 1 heterocycles. The van der Waals surface area contributed by atoms with Crippen LogP contribution in [0.15, 0.2) is 23.5 Å². The van der Waals surface area contributed by atoms with Gasteiger partial charge in [0, 0.05) is 18.2 Å². The van der Waals surface area contributed by atoms with E-state index in [0.29, 0.717) is 18.9 Å². The molecule has 0 saturated heterocycles. The molecule has 0 spiro atoms. The van der Waals surface area contributed by atoms with Gasteiger partial charge in [-0.2, -0.15) is 0 Å². The van der Waals surface area contributed by atoms with Crippen LogP contribution in [0.4, 0.5) is 0 Å². The predicted molar refractivity (Wildman–Crippen MR) is 52.5 cm³/mol. The fourth-order valence-corrected chi connectivity index (χ4v) is 1.06. The highest BCUT2D eigenvalue weighted by molar-refractivity contribution is 5.82. The van der Waals surface area contributed by atoms with E-state index in [0.717, 1.165) is 5.56 Å². The van der Waals surface area contributed by atoms with E-state index >= 15 is 0 Å². The number of oxime groups is 1. The second-order valence-electron chi connectivity index (χ2n) is 2.67. The van der Waals surface area contributed by atoms with Crippen LogP contribution in [0.2, 0.25) is 0 Å². The summed E-state index contributed by atoms with van der Waals surface area (Å²) in [5.74, 6) is 0.667. The van der Waals surface area contributed by atoms with E-state index in [1.54, 1.807) is 12.3 Å². The van der Waals surface area contributed by atoms with Crippen molar-refractivity contribution in [3.8, 4) is 5.88 Å². The first-order valence-electron chi connectivity index (χ1n) is 4.31. The van der Waals surface area contributed by atoms with Crippen molar-refractivity contribution in [1.82, 2.24) is 4.98 Å². The summed E-state index contributed by atoms with van der Waals surface area (Å²) in [5.41, 5.74) is 6.20. The van der Waals surface area contributed by atoms with Crippen molar-refractivity contribution in [1.29, 1.82) is 0 Å². The Morgan fingerprint density at radius 1 is 1.71 bits per heavy atom. The minimum Gasteiger partial charge on any atom is -0.478 e. The Kier molecular flexibility index (Phi) is 3.72. The highest BCUT2D eigenvalue weighted by Gasteiger charge is 2.05. The molecule has 0 unspecified atom stereocenters. The minimum atomic E-state index is 0.138.